The van der Waals surface area contributed by atoms with Crippen molar-refractivity contribution in [1.82, 2.24) is 10.2 Å². The van der Waals surface area contributed by atoms with E-state index >= 15 is 0 Å². The minimum atomic E-state index is -4.35. The van der Waals surface area contributed by atoms with Crippen molar-refractivity contribution in [2.75, 3.05) is 17.5 Å². The van der Waals surface area contributed by atoms with Crippen LogP contribution in [0.4, 0.5) is 10.1 Å². The monoisotopic (exact) mass is 651 g/mol. The summed E-state index contributed by atoms with van der Waals surface area (Å²) < 4.78 is 47.9. The number of hydrogen-bond acceptors (Lipinski definition) is 5. The molecule has 43 heavy (non-hydrogen) atoms. The van der Waals surface area contributed by atoms with Gasteiger partial charge in [-0.05, 0) is 92.9 Å². The van der Waals surface area contributed by atoms with Crippen molar-refractivity contribution in [3.05, 3.63) is 88.2 Å². The summed E-state index contributed by atoms with van der Waals surface area (Å²) in [5.74, 6) is -1.07. The lowest BCUT2D eigenvalue weighted by Crippen LogP contribution is -2.53. The highest BCUT2D eigenvalue weighted by atomic mass is 35.5. The number of benzene rings is 3. The van der Waals surface area contributed by atoms with E-state index < -0.39 is 34.3 Å². The highest BCUT2D eigenvalue weighted by molar-refractivity contribution is 7.92. The van der Waals surface area contributed by atoms with E-state index in [2.05, 4.69) is 5.32 Å². The summed E-state index contributed by atoms with van der Waals surface area (Å²) in [6.07, 6.45) is 0.952. The summed E-state index contributed by atoms with van der Waals surface area (Å²) in [7, 11) is -4.35. The summed E-state index contributed by atoms with van der Waals surface area (Å²) in [6.45, 7) is 7.13. The standard InChI is InChI=1S/C31H36Cl2FN3O5S/c1-5-21(4)35-31(39)29(6-2)36(19-22-8-17-27(32)28(33)18-22)30(38)20-37(24-11-13-25(14-12-24)42-7-3)43(40,41)26-15-9-23(34)10-16-26/h8-18,21,29H,5-7,19-20H2,1-4H3,(H,35,39)/t21-,29+/m0/s1. The van der Waals surface area contributed by atoms with E-state index in [1.807, 2.05) is 20.8 Å². The van der Waals surface area contributed by atoms with Crippen LogP contribution in [-0.2, 0) is 26.2 Å². The number of anilines is 1. The van der Waals surface area contributed by atoms with Crippen molar-refractivity contribution in [3.63, 3.8) is 0 Å². The average Bonchev–Trinajstić information content (AvgIpc) is 2.98. The minimum absolute atomic E-state index is 0.0319. The number of halogens is 3. The van der Waals surface area contributed by atoms with Crippen LogP contribution in [0.2, 0.25) is 10.0 Å². The Labute approximate surface area is 262 Å². The third-order valence-electron chi connectivity index (χ3n) is 6.84. The second-order valence-corrected chi connectivity index (χ2v) is 12.6. The van der Waals surface area contributed by atoms with E-state index in [0.29, 0.717) is 29.4 Å². The van der Waals surface area contributed by atoms with Crippen LogP contribution in [0.5, 0.6) is 5.75 Å². The lowest BCUT2D eigenvalue weighted by Gasteiger charge is -2.33. The molecule has 0 unspecified atom stereocenters. The molecule has 3 aromatic carbocycles. The number of hydrogen-bond donors (Lipinski definition) is 1. The van der Waals surface area contributed by atoms with E-state index in [9.17, 15) is 22.4 Å². The molecule has 12 heteroatoms. The van der Waals surface area contributed by atoms with Crippen LogP contribution in [0.15, 0.2) is 71.6 Å². The highest BCUT2D eigenvalue weighted by Gasteiger charge is 2.34. The number of sulfonamides is 1. The molecule has 3 aromatic rings. The number of carbonyl (C=O) groups is 2. The molecule has 2 atom stereocenters. The first-order valence-electron chi connectivity index (χ1n) is 14.0. The fourth-order valence-corrected chi connectivity index (χ4v) is 6.07. The maximum Gasteiger partial charge on any atom is 0.264 e. The van der Waals surface area contributed by atoms with E-state index in [1.54, 1.807) is 37.3 Å². The van der Waals surface area contributed by atoms with Gasteiger partial charge in [0.15, 0.2) is 0 Å². The Morgan fingerprint density at radius 1 is 0.930 bits per heavy atom. The lowest BCUT2D eigenvalue weighted by atomic mass is 10.1. The average molecular weight is 653 g/mol. The quantitative estimate of drug-likeness (QED) is 0.216. The lowest BCUT2D eigenvalue weighted by molar-refractivity contribution is -0.140. The minimum Gasteiger partial charge on any atom is -0.494 e. The third-order valence-corrected chi connectivity index (χ3v) is 9.37. The van der Waals surface area contributed by atoms with Crippen molar-refractivity contribution in [3.8, 4) is 5.75 Å². The molecule has 0 radical (unpaired) electrons. The summed E-state index contributed by atoms with van der Waals surface area (Å²) in [5, 5.41) is 3.53. The first-order valence-corrected chi connectivity index (χ1v) is 16.2. The normalized spacial score (nSPS) is 12.7. The highest BCUT2D eigenvalue weighted by Crippen LogP contribution is 2.28. The number of amides is 2. The van der Waals surface area contributed by atoms with Gasteiger partial charge in [0.05, 0.1) is 27.2 Å². The van der Waals surface area contributed by atoms with Gasteiger partial charge in [0, 0.05) is 12.6 Å². The summed E-state index contributed by atoms with van der Waals surface area (Å²) >= 11 is 12.3. The van der Waals surface area contributed by atoms with Crippen LogP contribution in [-0.4, -0.2) is 50.4 Å². The van der Waals surface area contributed by atoms with E-state index in [-0.39, 0.29) is 40.5 Å². The van der Waals surface area contributed by atoms with Gasteiger partial charge >= 0.3 is 0 Å². The molecule has 8 nitrogen and oxygen atoms in total. The van der Waals surface area contributed by atoms with Crippen molar-refractivity contribution >= 4 is 50.7 Å². The Morgan fingerprint density at radius 2 is 1.58 bits per heavy atom. The molecule has 2 amide bonds. The molecule has 0 fully saturated rings. The maximum atomic E-state index is 14.1. The van der Waals surface area contributed by atoms with E-state index in [1.165, 1.54) is 17.0 Å². The molecular formula is C31H36Cl2FN3O5S. The Morgan fingerprint density at radius 3 is 2.14 bits per heavy atom. The van der Waals surface area contributed by atoms with Gasteiger partial charge in [-0.25, -0.2) is 12.8 Å². The predicted octanol–water partition coefficient (Wildman–Crippen LogP) is 6.45. The van der Waals surface area contributed by atoms with Crippen LogP contribution >= 0.6 is 23.2 Å². The van der Waals surface area contributed by atoms with Crippen molar-refractivity contribution in [2.24, 2.45) is 0 Å². The molecule has 0 aliphatic heterocycles. The molecular weight excluding hydrogens is 616 g/mol. The van der Waals surface area contributed by atoms with Crippen molar-refractivity contribution in [2.45, 2.75) is 64.1 Å². The fraction of sp³-hybridized carbons (Fsp3) is 0.355. The first-order chi connectivity index (χ1) is 20.4. The smallest absolute Gasteiger partial charge is 0.264 e. The Balaban J connectivity index is 2.08. The van der Waals surface area contributed by atoms with Crippen molar-refractivity contribution in [1.29, 1.82) is 0 Å². The number of ether oxygens (including phenoxy) is 1. The van der Waals surface area contributed by atoms with Crippen LogP contribution in [0, 0.1) is 5.82 Å². The molecule has 3 rings (SSSR count). The number of carbonyl (C=O) groups excluding carboxylic acids is 2. The number of nitrogens with zero attached hydrogens (tertiary/aromatic N) is 2. The van der Waals surface area contributed by atoms with Crippen LogP contribution in [0.1, 0.15) is 46.1 Å². The van der Waals surface area contributed by atoms with Gasteiger partial charge in [0.1, 0.15) is 24.2 Å². The fourth-order valence-electron chi connectivity index (χ4n) is 4.33. The van der Waals surface area contributed by atoms with Gasteiger partial charge in [-0.15, -0.1) is 0 Å². The van der Waals surface area contributed by atoms with Crippen molar-refractivity contribution < 1.29 is 27.1 Å². The summed E-state index contributed by atoms with van der Waals surface area (Å²) in [5.41, 5.74) is 0.791. The second-order valence-electron chi connectivity index (χ2n) is 9.90. The second kappa shape index (κ2) is 15.4. The number of nitrogens with one attached hydrogen (secondary N) is 1. The Kier molecular flexibility index (Phi) is 12.2. The molecule has 0 bridgehead atoms. The SMILES string of the molecule is CCOc1ccc(N(CC(=O)N(Cc2ccc(Cl)c(Cl)c2)[C@H](CC)C(=O)N[C@@H](C)CC)S(=O)(=O)c2ccc(F)cc2)cc1. The van der Waals surface area contributed by atoms with Gasteiger partial charge in [-0.3, -0.25) is 13.9 Å². The van der Waals surface area contributed by atoms with Gasteiger partial charge in [-0.2, -0.15) is 0 Å². The molecule has 232 valence electrons. The van der Waals surface area contributed by atoms with E-state index in [4.69, 9.17) is 27.9 Å². The third kappa shape index (κ3) is 8.84. The molecule has 0 aromatic heterocycles. The Hall–Kier alpha value is -3.34. The van der Waals surface area contributed by atoms with Gasteiger partial charge < -0.3 is 15.0 Å². The molecule has 0 aliphatic carbocycles. The zero-order valence-electron chi connectivity index (χ0n) is 24.5. The summed E-state index contributed by atoms with van der Waals surface area (Å²) in [4.78, 5) is 28.7. The summed E-state index contributed by atoms with van der Waals surface area (Å²) in [6, 6.07) is 14.4. The molecule has 1 N–H and O–H groups in total. The van der Waals surface area contributed by atoms with Gasteiger partial charge in [0.25, 0.3) is 10.0 Å². The topological polar surface area (TPSA) is 96.0 Å². The van der Waals surface area contributed by atoms with Gasteiger partial charge in [-0.1, -0.05) is 43.1 Å². The largest absolute Gasteiger partial charge is 0.494 e. The predicted molar refractivity (Wildman–Crippen MR) is 168 cm³/mol. The molecule has 0 heterocycles. The maximum absolute atomic E-state index is 14.1. The van der Waals surface area contributed by atoms with Crippen LogP contribution in [0.25, 0.3) is 0 Å². The van der Waals surface area contributed by atoms with Crippen LogP contribution in [0.3, 0.4) is 0 Å². The van der Waals surface area contributed by atoms with E-state index in [0.717, 1.165) is 28.6 Å². The van der Waals surface area contributed by atoms with Gasteiger partial charge in [0.2, 0.25) is 11.8 Å². The molecule has 0 saturated heterocycles. The molecule has 0 aliphatic rings. The zero-order valence-corrected chi connectivity index (χ0v) is 26.8. The first kappa shape index (κ1) is 34.2. The molecule has 0 saturated carbocycles. The van der Waals surface area contributed by atoms with Crippen LogP contribution < -0.4 is 14.4 Å². The number of rotatable bonds is 14. The Bertz CT molecular complexity index is 1500. The molecule has 0 spiro atoms. The zero-order chi connectivity index (χ0) is 31.7.